The Bertz CT molecular complexity index is 881. The fraction of sp³-hybridized carbons (Fsp3) is 0.500. The van der Waals surface area contributed by atoms with Crippen molar-refractivity contribution in [3.05, 3.63) is 40.9 Å². The molecule has 1 saturated heterocycles. The SMILES string of the molecule is CC1=NN(c2ccc(C(=O)Nc3nc(CN4C[C@H](C)C[C@H](C)C4)cs3)cc2)CC1. The van der Waals surface area contributed by atoms with E-state index < -0.39 is 0 Å². The number of nitrogens with one attached hydrogen (secondary N) is 1. The third kappa shape index (κ3) is 5.03. The number of anilines is 2. The van der Waals surface area contributed by atoms with E-state index in [1.165, 1.54) is 17.8 Å². The summed E-state index contributed by atoms with van der Waals surface area (Å²) < 4.78 is 0. The fourth-order valence-electron chi connectivity index (χ4n) is 4.30. The number of carbonyl (C=O) groups excluding carboxylic acids is 1. The van der Waals surface area contributed by atoms with Crippen LogP contribution < -0.4 is 10.3 Å². The normalized spacial score (nSPS) is 22.6. The van der Waals surface area contributed by atoms with Crippen LogP contribution >= 0.6 is 11.3 Å². The first-order chi connectivity index (χ1) is 14.0. The summed E-state index contributed by atoms with van der Waals surface area (Å²) in [6, 6.07) is 7.59. The second-order valence-corrected chi connectivity index (χ2v) is 9.35. The summed E-state index contributed by atoms with van der Waals surface area (Å²) in [5.74, 6) is 1.34. The standard InChI is InChI=1S/C22H29N5OS/c1-15-10-16(2)12-26(11-15)13-19-14-29-22(23-19)24-21(28)18-4-6-20(7-5-18)27-9-8-17(3)25-27/h4-7,14-16H,8-13H2,1-3H3,(H,23,24,28)/t15-,16+. The largest absolute Gasteiger partial charge is 0.298 e. The second kappa shape index (κ2) is 8.63. The van der Waals surface area contributed by atoms with E-state index in [1.807, 2.05) is 36.2 Å². The molecule has 1 fully saturated rings. The van der Waals surface area contributed by atoms with Crippen LogP contribution in [0.1, 0.15) is 49.7 Å². The molecule has 7 heteroatoms. The fourth-order valence-corrected chi connectivity index (χ4v) is 5.00. The molecule has 2 aromatic rings. The highest BCUT2D eigenvalue weighted by atomic mass is 32.1. The maximum absolute atomic E-state index is 12.6. The summed E-state index contributed by atoms with van der Waals surface area (Å²) in [4.78, 5) is 19.7. The third-order valence-electron chi connectivity index (χ3n) is 5.51. The zero-order chi connectivity index (χ0) is 20.4. The van der Waals surface area contributed by atoms with Crippen LogP contribution in [0, 0.1) is 11.8 Å². The molecule has 2 atom stereocenters. The molecule has 29 heavy (non-hydrogen) atoms. The Hall–Kier alpha value is -2.25. The van der Waals surface area contributed by atoms with Crippen molar-refractivity contribution < 1.29 is 4.79 Å². The number of thiazole rings is 1. The molecule has 0 radical (unpaired) electrons. The number of rotatable bonds is 5. The lowest BCUT2D eigenvalue weighted by Crippen LogP contribution is -2.38. The van der Waals surface area contributed by atoms with Gasteiger partial charge in [0, 0.05) is 49.3 Å². The van der Waals surface area contributed by atoms with Gasteiger partial charge in [-0.05, 0) is 49.4 Å². The van der Waals surface area contributed by atoms with Gasteiger partial charge in [-0.3, -0.25) is 20.0 Å². The van der Waals surface area contributed by atoms with E-state index in [4.69, 9.17) is 0 Å². The molecule has 0 saturated carbocycles. The molecular weight excluding hydrogens is 382 g/mol. The van der Waals surface area contributed by atoms with Crippen molar-refractivity contribution in [3.63, 3.8) is 0 Å². The number of carbonyl (C=O) groups is 1. The molecule has 1 N–H and O–H groups in total. The summed E-state index contributed by atoms with van der Waals surface area (Å²) in [5, 5.41) is 12.1. The Morgan fingerprint density at radius 1 is 1.21 bits per heavy atom. The van der Waals surface area contributed by atoms with Crippen molar-refractivity contribution in [2.45, 2.75) is 40.2 Å². The minimum atomic E-state index is -0.126. The number of hydrazone groups is 1. The van der Waals surface area contributed by atoms with Crippen molar-refractivity contribution >= 4 is 33.8 Å². The van der Waals surface area contributed by atoms with Crippen molar-refractivity contribution in [2.75, 3.05) is 30.0 Å². The van der Waals surface area contributed by atoms with Gasteiger partial charge in [-0.2, -0.15) is 5.10 Å². The molecule has 6 nitrogen and oxygen atoms in total. The van der Waals surface area contributed by atoms with Crippen LogP contribution in [-0.4, -0.2) is 41.1 Å². The molecule has 154 valence electrons. The lowest BCUT2D eigenvalue weighted by Gasteiger charge is -2.34. The van der Waals surface area contributed by atoms with Gasteiger partial charge in [0.15, 0.2) is 5.13 Å². The number of hydrogen-bond donors (Lipinski definition) is 1. The highest BCUT2D eigenvalue weighted by molar-refractivity contribution is 7.14. The Morgan fingerprint density at radius 3 is 2.59 bits per heavy atom. The number of hydrogen-bond acceptors (Lipinski definition) is 6. The lowest BCUT2D eigenvalue weighted by molar-refractivity contribution is 0.102. The first-order valence-corrected chi connectivity index (χ1v) is 11.2. The van der Waals surface area contributed by atoms with E-state index in [0.717, 1.165) is 61.5 Å². The van der Waals surface area contributed by atoms with Crippen LogP contribution in [0.4, 0.5) is 10.8 Å². The molecule has 1 aromatic carbocycles. The highest BCUT2D eigenvalue weighted by Gasteiger charge is 2.22. The molecular formula is C22H29N5OS. The van der Waals surface area contributed by atoms with Gasteiger partial charge in [0.2, 0.25) is 0 Å². The van der Waals surface area contributed by atoms with E-state index >= 15 is 0 Å². The third-order valence-corrected chi connectivity index (χ3v) is 6.31. The van der Waals surface area contributed by atoms with Crippen LogP contribution in [0.15, 0.2) is 34.7 Å². The molecule has 0 unspecified atom stereocenters. The number of piperidine rings is 1. The molecule has 2 aliphatic heterocycles. The van der Waals surface area contributed by atoms with Crippen LogP contribution in [0.3, 0.4) is 0 Å². The quantitative estimate of drug-likeness (QED) is 0.789. The van der Waals surface area contributed by atoms with Gasteiger partial charge in [0.05, 0.1) is 11.4 Å². The van der Waals surface area contributed by atoms with Crippen LogP contribution in [-0.2, 0) is 6.54 Å². The van der Waals surface area contributed by atoms with Crippen molar-refractivity contribution in [2.24, 2.45) is 16.9 Å². The molecule has 0 spiro atoms. The summed E-state index contributed by atoms with van der Waals surface area (Å²) in [6.45, 7) is 10.7. The molecule has 0 aliphatic carbocycles. The minimum absolute atomic E-state index is 0.126. The average molecular weight is 412 g/mol. The summed E-state index contributed by atoms with van der Waals surface area (Å²) in [6.07, 6.45) is 2.29. The number of nitrogens with zero attached hydrogens (tertiary/aromatic N) is 4. The number of aromatic nitrogens is 1. The average Bonchev–Trinajstić information content (AvgIpc) is 3.30. The first-order valence-electron chi connectivity index (χ1n) is 10.4. The second-order valence-electron chi connectivity index (χ2n) is 8.49. The van der Waals surface area contributed by atoms with Crippen LogP contribution in [0.2, 0.25) is 0 Å². The molecule has 1 aromatic heterocycles. The monoisotopic (exact) mass is 411 g/mol. The van der Waals surface area contributed by atoms with Gasteiger partial charge >= 0.3 is 0 Å². The predicted molar refractivity (Wildman–Crippen MR) is 120 cm³/mol. The topological polar surface area (TPSA) is 60.8 Å². The van der Waals surface area contributed by atoms with Crippen molar-refractivity contribution in [1.29, 1.82) is 0 Å². The number of amides is 1. The first kappa shape index (κ1) is 20.0. The van der Waals surface area contributed by atoms with Gasteiger partial charge in [0.1, 0.15) is 0 Å². The van der Waals surface area contributed by atoms with E-state index in [9.17, 15) is 4.79 Å². The van der Waals surface area contributed by atoms with Gasteiger partial charge in [-0.15, -0.1) is 11.3 Å². The van der Waals surface area contributed by atoms with Gasteiger partial charge in [0.25, 0.3) is 5.91 Å². The highest BCUT2D eigenvalue weighted by Crippen LogP contribution is 2.25. The van der Waals surface area contributed by atoms with Gasteiger partial charge in [-0.1, -0.05) is 13.8 Å². The van der Waals surface area contributed by atoms with Gasteiger partial charge in [-0.25, -0.2) is 4.98 Å². The maximum atomic E-state index is 12.6. The summed E-state index contributed by atoms with van der Waals surface area (Å²) in [5.41, 5.74) is 3.81. The number of benzene rings is 1. The Morgan fingerprint density at radius 2 is 1.93 bits per heavy atom. The van der Waals surface area contributed by atoms with E-state index in [1.54, 1.807) is 0 Å². The summed E-state index contributed by atoms with van der Waals surface area (Å²) in [7, 11) is 0. The summed E-state index contributed by atoms with van der Waals surface area (Å²) >= 11 is 1.49. The van der Waals surface area contributed by atoms with Crippen LogP contribution in [0.5, 0.6) is 0 Å². The molecule has 3 heterocycles. The zero-order valence-corrected chi connectivity index (χ0v) is 18.2. The number of likely N-dealkylation sites (tertiary alicyclic amines) is 1. The molecule has 1 amide bonds. The zero-order valence-electron chi connectivity index (χ0n) is 17.4. The van der Waals surface area contributed by atoms with E-state index in [0.29, 0.717) is 10.7 Å². The van der Waals surface area contributed by atoms with Crippen molar-refractivity contribution in [1.82, 2.24) is 9.88 Å². The lowest BCUT2D eigenvalue weighted by atomic mass is 9.92. The Balaban J connectivity index is 1.34. The van der Waals surface area contributed by atoms with E-state index in [-0.39, 0.29) is 5.91 Å². The Kier molecular flexibility index (Phi) is 5.96. The molecule has 4 rings (SSSR count). The Labute approximate surface area is 176 Å². The van der Waals surface area contributed by atoms with Crippen LogP contribution in [0.25, 0.3) is 0 Å². The molecule has 0 bridgehead atoms. The maximum Gasteiger partial charge on any atom is 0.257 e. The smallest absolute Gasteiger partial charge is 0.257 e. The molecule has 2 aliphatic rings. The van der Waals surface area contributed by atoms with E-state index in [2.05, 4.69) is 39.5 Å². The van der Waals surface area contributed by atoms with Crippen molar-refractivity contribution in [3.8, 4) is 0 Å². The minimum Gasteiger partial charge on any atom is -0.298 e. The predicted octanol–water partition coefficient (Wildman–Crippen LogP) is 4.46. The van der Waals surface area contributed by atoms with Gasteiger partial charge < -0.3 is 0 Å².